The Labute approximate surface area is 142 Å². The number of hydrogen-bond donors (Lipinski definition) is 2. The van der Waals surface area contributed by atoms with Gasteiger partial charge >= 0.3 is 0 Å². The first-order valence-corrected chi connectivity index (χ1v) is 8.13. The molecule has 20 heavy (non-hydrogen) atoms. The molecule has 2 rings (SSSR count). The molecule has 2 N–H and O–H groups in total. The lowest BCUT2D eigenvalue weighted by Crippen LogP contribution is -2.01. The molecule has 2 aromatic carbocycles. The molecule has 0 fully saturated rings. The van der Waals surface area contributed by atoms with E-state index in [4.69, 9.17) is 4.74 Å². The van der Waals surface area contributed by atoms with Crippen LogP contribution in [0.5, 0.6) is 11.5 Å². The largest absolute Gasteiger partial charge is 0.508 e. The minimum absolute atomic E-state index is 0.239. The Kier molecular flexibility index (Phi) is 5.35. The number of hydrogen-bond acceptors (Lipinski definition) is 3. The topological polar surface area (TPSA) is 41.5 Å². The van der Waals surface area contributed by atoms with Crippen LogP contribution in [0.3, 0.4) is 0 Å². The Morgan fingerprint density at radius 2 is 1.75 bits per heavy atom. The van der Waals surface area contributed by atoms with Crippen molar-refractivity contribution in [3.05, 3.63) is 49.3 Å². The van der Waals surface area contributed by atoms with Crippen molar-refractivity contribution in [2.75, 3.05) is 12.4 Å². The van der Waals surface area contributed by atoms with Crippen LogP contribution in [0.1, 0.15) is 5.56 Å². The van der Waals surface area contributed by atoms with Crippen molar-refractivity contribution in [3.63, 3.8) is 0 Å². The predicted octanol–water partition coefficient (Wildman–Crippen LogP) is 5.30. The fourth-order valence-electron chi connectivity index (χ4n) is 1.73. The van der Waals surface area contributed by atoms with E-state index in [9.17, 15) is 5.11 Å². The molecule has 0 aliphatic rings. The number of benzene rings is 2. The first kappa shape index (κ1) is 15.7. The minimum atomic E-state index is 0.239. The average Bonchev–Trinajstić information content (AvgIpc) is 2.39. The molecule has 0 aromatic heterocycles. The van der Waals surface area contributed by atoms with E-state index in [2.05, 4.69) is 53.1 Å². The average molecular weight is 466 g/mol. The van der Waals surface area contributed by atoms with Crippen LogP contribution in [0.25, 0.3) is 0 Å². The number of phenols is 1. The highest BCUT2D eigenvalue weighted by molar-refractivity contribution is 9.11. The van der Waals surface area contributed by atoms with Gasteiger partial charge in [0.2, 0.25) is 0 Å². The number of aromatic hydroxyl groups is 1. The molecule has 0 aliphatic heterocycles. The highest BCUT2D eigenvalue weighted by Crippen LogP contribution is 2.35. The number of methoxy groups -OCH3 is 1. The van der Waals surface area contributed by atoms with Gasteiger partial charge in [-0.1, -0.05) is 15.9 Å². The van der Waals surface area contributed by atoms with Gasteiger partial charge in [-0.25, -0.2) is 0 Å². The molecule has 0 saturated heterocycles. The third-order valence-corrected chi connectivity index (χ3v) is 4.46. The summed E-state index contributed by atoms with van der Waals surface area (Å²) in [5.74, 6) is 0.955. The third-order valence-electron chi connectivity index (χ3n) is 2.75. The Balaban J connectivity index is 2.21. The van der Waals surface area contributed by atoms with Gasteiger partial charge in [0.1, 0.15) is 11.5 Å². The summed E-state index contributed by atoms with van der Waals surface area (Å²) in [5, 5.41) is 13.2. The van der Waals surface area contributed by atoms with E-state index in [1.165, 1.54) is 0 Å². The Hall–Kier alpha value is -0.720. The first-order valence-electron chi connectivity index (χ1n) is 5.75. The summed E-state index contributed by atoms with van der Waals surface area (Å²) in [4.78, 5) is 0. The zero-order valence-corrected chi connectivity index (χ0v) is 15.3. The van der Waals surface area contributed by atoms with Gasteiger partial charge in [0, 0.05) is 25.5 Å². The molecule has 6 heteroatoms. The summed E-state index contributed by atoms with van der Waals surface area (Å²) in [6.07, 6.45) is 0. The summed E-state index contributed by atoms with van der Waals surface area (Å²) >= 11 is 10.4. The van der Waals surface area contributed by atoms with Crippen LogP contribution >= 0.6 is 47.8 Å². The Morgan fingerprint density at radius 1 is 1.10 bits per heavy atom. The van der Waals surface area contributed by atoms with Gasteiger partial charge in [-0.05, 0) is 62.2 Å². The molecule has 3 nitrogen and oxygen atoms in total. The minimum Gasteiger partial charge on any atom is -0.508 e. The summed E-state index contributed by atoms with van der Waals surface area (Å²) in [5.41, 5.74) is 1.70. The molecule has 0 bridgehead atoms. The zero-order valence-electron chi connectivity index (χ0n) is 10.6. The summed E-state index contributed by atoms with van der Waals surface area (Å²) in [6, 6.07) is 9.08. The van der Waals surface area contributed by atoms with Crippen molar-refractivity contribution < 1.29 is 9.84 Å². The molecule has 0 unspecified atom stereocenters. The fraction of sp³-hybridized carbons (Fsp3) is 0.143. The fourth-order valence-corrected chi connectivity index (χ4v) is 4.26. The van der Waals surface area contributed by atoms with Crippen LogP contribution in [0.4, 0.5) is 5.69 Å². The van der Waals surface area contributed by atoms with Crippen molar-refractivity contribution in [1.29, 1.82) is 0 Å². The molecule has 106 valence electrons. The van der Waals surface area contributed by atoms with Gasteiger partial charge in [-0.15, -0.1) is 0 Å². The standard InChI is InChI=1S/C14H12Br3NO2/c1-20-10-2-3-13(19)8(4-10)7-18-14-11(16)5-9(15)6-12(14)17/h2-6,18-19H,7H2,1H3. The van der Waals surface area contributed by atoms with E-state index in [0.717, 1.165) is 24.7 Å². The summed E-state index contributed by atoms with van der Waals surface area (Å²) < 4.78 is 8.00. The second kappa shape index (κ2) is 6.83. The number of halogens is 3. The van der Waals surface area contributed by atoms with Crippen LogP contribution in [-0.4, -0.2) is 12.2 Å². The van der Waals surface area contributed by atoms with E-state index in [0.29, 0.717) is 12.3 Å². The molecular formula is C14H12Br3NO2. The van der Waals surface area contributed by atoms with Crippen molar-refractivity contribution in [2.24, 2.45) is 0 Å². The Bertz CT molecular complexity index is 609. The van der Waals surface area contributed by atoms with E-state index in [-0.39, 0.29) is 5.75 Å². The third kappa shape index (κ3) is 3.68. The summed E-state index contributed by atoms with van der Waals surface area (Å²) in [7, 11) is 1.60. The molecule has 0 atom stereocenters. The van der Waals surface area contributed by atoms with Gasteiger partial charge in [-0.2, -0.15) is 0 Å². The van der Waals surface area contributed by atoms with Gasteiger partial charge in [0.25, 0.3) is 0 Å². The van der Waals surface area contributed by atoms with Gasteiger partial charge in [-0.3, -0.25) is 0 Å². The van der Waals surface area contributed by atoms with Crippen molar-refractivity contribution in [1.82, 2.24) is 0 Å². The number of rotatable bonds is 4. The highest BCUT2D eigenvalue weighted by atomic mass is 79.9. The maximum atomic E-state index is 9.86. The molecule has 0 heterocycles. The SMILES string of the molecule is COc1ccc(O)c(CNc2c(Br)cc(Br)cc2Br)c1. The number of nitrogens with one attached hydrogen (secondary N) is 1. The first-order chi connectivity index (χ1) is 9.51. The van der Waals surface area contributed by atoms with Crippen LogP contribution in [0.15, 0.2) is 43.7 Å². The van der Waals surface area contributed by atoms with Crippen LogP contribution in [-0.2, 0) is 6.54 Å². The number of ether oxygens (including phenoxy) is 1. The van der Waals surface area contributed by atoms with Crippen molar-refractivity contribution in [2.45, 2.75) is 6.54 Å². The second-order valence-electron chi connectivity index (χ2n) is 4.09. The van der Waals surface area contributed by atoms with Gasteiger partial charge in [0.05, 0.1) is 12.8 Å². The summed E-state index contributed by atoms with van der Waals surface area (Å²) in [6.45, 7) is 0.488. The number of phenolic OH excluding ortho intramolecular Hbond substituents is 1. The highest BCUT2D eigenvalue weighted by Gasteiger charge is 2.08. The van der Waals surface area contributed by atoms with E-state index < -0.39 is 0 Å². The zero-order chi connectivity index (χ0) is 14.7. The lowest BCUT2D eigenvalue weighted by atomic mass is 10.2. The quantitative estimate of drug-likeness (QED) is 0.643. The molecule has 0 amide bonds. The predicted molar refractivity (Wildman–Crippen MR) is 91.5 cm³/mol. The van der Waals surface area contributed by atoms with E-state index in [1.807, 2.05) is 18.2 Å². The lowest BCUT2D eigenvalue weighted by Gasteiger charge is -2.13. The van der Waals surface area contributed by atoms with E-state index >= 15 is 0 Å². The molecule has 0 radical (unpaired) electrons. The number of anilines is 1. The Morgan fingerprint density at radius 3 is 2.35 bits per heavy atom. The molecule has 0 aliphatic carbocycles. The molecule has 0 saturated carbocycles. The second-order valence-corrected chi connectivity index (χ2v) is 6.72. The van der Waals surface area contributed by atoms with Gasteiger partial charge in [0.15, 0.2) is 0 Å². The maximum Gasteiger partial charge on any atom is 0.120 e. The maximum absolute atomic E-state index is 9.86. The van der Waals surface area contributed by atoms with Gasteiger partial charge < -0.3 is 15.2 Å². The smallest absolute Gasteiger partial charge is 0.120 e. The van der Waals surface area contributed by atoms with Crippen LogP contribution in [0, 0.1) is 0 Å². The lowest BCUT2D eigenvalue weighted by molar-refractivity contribution is 0.411. The normalized spacial score (nSPS) is 10.4. The molecule has 0 spiro atoms. The van der Waals surface area contributed by atoms with Crippen molar-refractivity contribution >= 4 is 53.5 Å². The monoisotopic (exact) mass is 463 g/mol. The van der Waals surface area contributed by atoms with Crippen molar-refractivity contribution in [3.8, 4) is 11.5 Å². The van der Waals surface area contributed by atoms with E-state index in [1.54, 1.807) is 19.2 Å². The molecular weight excluding hydrogens is 454 g/mol. The van der Waals surface area contributed by atoms with Crippen LogP contribution < -0.4 is 10.1 Å². The molecule has 2 aromatic rings. The van der Waals surface area contributed by atoms with Crippen LogP contribution in [0.2, 0.25) is 0 Å².